The van der Waals surface area contributed by atoms with Gasteiger partial charge in [0, 0.05) is 4.47 Å². The summed E-state index contributed by atoms with van der Waals surface area (Å²) in [5.74, 6) is -0.934. The van der Waals surface area contributed by atoms with Crippen molar-refractivity contribution in [1.82, 2.24) is 0 Å². The summed E-state index contributed by atoms with van der Waals surface area (Å²) in [5.41, 5.74) is 6.48. The van der Waals surface area contributed by atoms with E-state index in [2.05, 4.69) is 15.9 Å². The maximum absolute atomic E-state index is 10.8. The zero-order chi connectivity index (χ0) is 11.3. The van der Waals surface area contributed by atoms with Crippen molar-refractivity contribution < 1.29 is 9.90 Å². The van der Waals surface area contributed by atoms with Crippen LogP contribution in [-0.2, 0) is 0 Å². The number of carbonyl (C=O) groups is 1. The molecule has 0 heterocycles. The largest absolute Gasteiger partial charge is 0.478 e. The minimum atomic E-state index is -0.934. The zero-order valence-corrected chi connectivity index (χ0v) is 9.70. The number of hydrogen-bond donors (Lipinski definition) is 2. The first-order chi connectivity index (χ1) is 7.15. The van der Waals surface area contributed by atoms with Gasteiger partial charge < -0.3 is 10.8 Å². The molecule has 0 fully saturated rings. The fourth-order valence-corrected chi connectivity index (χ4v) is 1.54. The average molecular weight is 270 g/mol. The SMILES string of the molecule is NCCC=Cc1ccc(Br)c(C(=O)O)c1. The van der Waals surface area contributed by atoms with Gasteiger partial charge in [-0.2, -0.15) is 0 Å². The Balaban J connectivity index is 2.92. The Morgan fingerprint density at radius 2 is 2.27 bits per heavy atom. The van der Waals surface area contributed by atoms with Crippen molar-refractivity contribution in [2.45, 2.75) is 6.42 Å². The van der Waals surface area contributed by atoms with Crippen LogP contribution in [0.5, 0.6) is 0 Å². The first-order valence-corrected chi connectivity index (χ1v) is 5.34. The summed E-state index contributed by atoms with van der Waals surface area (Å²) in [6, 6.07) is 5.20. The maximum Gasteiger partial charge on any atom is 0.336 e. The van der Waals surface area contributed by atoms with Crippen molar-refractivity contribution in [2.75, 3.05) is 6.54 Å². The summed E-state index contributed by atoms with van der Waals surface area (Å²) in [5, 5.41) is 8.89. The highest BCUT2D eigenvalue weighted by molar-refractivity contribution is 9.10. The second kappa shape index (κ2) is 5.68. The molecule has 0 spiro atoms. The van der Waals surface area contributed by atoms with Crippen LogP contribution in [0.25, 0.3) is 6.08 Å². The second-order valence-corrected chi connectivity index (χ2v) is 3.88. The highest BCUT2D eigenvalue weighted by Crippen LogP contribution is 2.19. The number of carboxylic acids is 1. The van der Waals surface area contributed by atoms with E-state index in [4.69, 9.17) is 10.8 Å². The molecule has 3 N–H and O–H groups in total. The molecule has 0 saturated heterocycles. The maximum atomic E-state index is 10.8. The van der Waals surface area contributed by atoms with Gasteiger partial charge in [0.05, 0.1) is 5.56 Å². The van der Waals surface area contributed by atoms with E-state index >= 15 is 0 Å². The number of rotatable bonds is 4. The van der Waals surface area contributed by atoms with Gasteiger partial charge in [0.1, 0.15) is 0 Å². The van der Waals surface area contributed by atoms with E-state index in [0.29, 0.717) is 11.0 Å². The molecule has 1 rings (SSSR count). The molecule has 0 aliphatic rings. The molecule has 1 aromatic carbocycles. The van der Waals surface area contributed by atoms with Gasteiger partial charge in [0.15, 0.2) is 0 Å². The molecule has 0 bridgehead atoms. The quantitative estimate of drug-likeness (QED) is 0.883. The smallest absolute Gasteiger partial charge is 0.336 e. The lowest BCUT2D eigenvalue weighted by atomic mass is 10.1. The lowest BCUT2D eigenvalue weighted by molar-refractivity contribution is 0.0696. The number of benzene rings is 1. The monoisotopic (exact) mass is 269 g/mol. The number of carboxylic acid groups (broad SMARTS) is 1. The molecule has 0 saturated carbocycles. The van der Waals surface area contributed by atoms with Gasteiger partial charge in [-0.25, -0.2) is 4.79 Å². The summed E-state index contributed by atoms with van der Waals surface area (Å²) < 4.78 is 0.589. The van der Waals surface area contributed by atoms with E-state index in [1.807, 2.05) is 18.2 Å². The minimum absolute atomic E-state index is 0.268. The lowest BCUT2D eigenvalue weighted by Crippen LogP contribution is -1.98. The van der Waals surface area contributed by atoms with Crippen LogP contribution in [-0.4, -0.2) is 17.6 Å². The molecule has 1 aromatic rings. The average Bonchev–Trinajstić information content (AvgIpc) is 2.20. The van der Waals surface area contributed by atoms with Gasteiger partial charge in [0.2, 0.25) is 0 Å². The number of halogens is 1. The molecule has 0 unspecified atom stereocenters. The van der Waals surface area contributed by atoms with Crippen molar-refractivity contribution in [3.63, 3.8) is 0 Å². The van der Waals surface area contributed by atoms with Crippen molar-refractivity contribution in [3.8, 4) is 0 Å². The van der Waals surface area contributed by atoms with Crippen molar-refractivity contribution in [3.05, 3.63) is 39.9 Å². The number of aromatic carboxylic acids is 1. The highest BCUT2D eigenvalue weighted by atomic mass is 79.9. The molecular formula is C11H12BrNO2. The first kappa shape index (κ1) is 11.9. The predicted molar refractivity (Wildman–Crippen MR) is 63.8 cm³/mol. The minimum Gasteiger partial charge on any atom is -0.478 e. The Morgan fingerprint density at radius 3 is 2.87 bits per heavy atom. The third-order valence-electron chi connectivity index (χ3n) is 1.86. The first-order valence-electron chi connectivity index (χ1n) is 4.54. The van der Waals surface area contributed by atoms with Crippen LogP contribution < -0.4 is 5.73 Å². The predicted octanol–water partition coefficient (Wildman–Crippen LogP) is 2.51. The lowest BCUT2D eigenvalue weighted by Gasteiger charge is -2.00. The van der Waals surface area contributed by atoms with E-state index in [1.165, 1.54) is 0 Å². The Bertz CT molecular complexity index is 388. The van der Waals surface area contributed by atoms with Gasteiger partial charge in [-0.15, -0.1) is 0 Å². The molecule has 3 nitrogen and oxygen atoms in total. The molecule has 0 aromatic heterocycles. The van der Waals surface area contributed by atoms with Crippen LogP contribution >= 0.6 is 15.9 Å². The summed E-state index contributed by atoms with van der Waals surface area (Å²) >= 11 is 3.19. The third kappa shape index (κ3) is 3.49. The molecule has 4 heteroatoms. The summed E-state index contributed by atoms with van der Waals surface area (Å²) in [4.78, 5) is 10.8. The van der Waals surface area contributed by atoms with E-state index in [0.717, 1.165) is 12.0 Å². The molecule has 80 valence electrons. The van der Waals surface area contributed by atoms with E-state index < -0.39 is 5.97 Å². The van der Waals surface area contributed by atoms with Crippen LogP contribution in [0.1, 0.15) is 22.3 Å². The topological polar surface area (TPSA) is 63.3 Å². The van der Waals surface area contributed by atoms with Crippen LogP contribution in [0.15, 0.2) is 28.7 Å². The number of hydrogen-bond acceptors (Lipinski definition) is 2. The third-order valence-corrected chi connectivity index (χ3v) is 2.56. The van der Waals surface area contributed by atoms with Crippen molar-refractivity contribution in [1.29, 1.82) is 0 Å². The van der Waals surface area contributed by atoms with Gasteiger partial charge in [0.25, 0.3) is 0 Å². The molecule has 0 atom stereocenters. The van der Waals surface area contributed by atoms with Crippen LogP contribution in [0.2, 0.25) is 0 Å². The molecule has 0 aliphatic carbocycles. The van der Waals surface area contributed by atoms with Gasteiger partial charge in [-0.1, -0.05) is 18.2 Å². The fourth-order valence-electron chi connectivity index (χ4n) is 1.13. The van der Waals surface area contributed by atoms with Crippen LogP contribution in [0.3, 0.4) is 0 Å². The van der Waals surface area contributed by atoms with Gasteiger partial charge in [-0.05, 0) is 46.6 Å². The zero-order valence-electron chi connectivity index (χ0n) is 8.11. The van der Waals surface area contributed by atoms with Crippen molar-refractivity contribution >= 4 is 28.0 Å². The van der Waals surface area contributed by atoms with E-state index in [-0.39, 0.29) is 5.56 Å². The molecular weight excluding hydrogens is 258 g/mol. The highest BCUT2D eigenvalue weighted by Gasteiger charge is 2.07. The molecule has 0 aliphatic heterocycles. The standard InChI is InChI=1S/C11H12BrNO2/c12-10-5-4-8(3-1-2-6-13)7-9(10)11(14)15/h1,3-5,7H,2,6,13H2,(H,14,15). The van der Waals surface area contributed by atoms with Gasteiger partial charge >= 0.3 is 5.97 Å². The normalized spacial score (nSPS) is 10.8. The van der Waals surface area contributed by atoms with Gasteiger partial charge in [-0.3, -0.25) is 0 Å². The molecule has 15 heavy (non-hydrogen) atoms. The van der Waals surface area contributed by atoms with Crippen molar-refractivity contribution in [2.24, 2.45) is 5.73 Å². The number of nitrogens with two attached hydrogens (primary N) is 1. The van der Waals surface area contributed by atoms with E-state index in [1.54, 1.807) is 12.1 Å². The van der Waals surface area contributed by atoms with E-state index in [9.17, 15) is 4.79 Å². The Kier molecular flexibility index (Phi) is 4.52. The summed E-state index contributed by atoms with van der Waals surface area (Å²) in [6.07, 6.45) is 4.58. The fraction of sp³-hybridized carbons (Fsp3) is 0.182. The Labute approximate surface area is 96.7 Å². The Hall–Kier alpha value is -1.13. The molecule has 0 amide bonds. The summed E-state index contributed by atoms with van der Waals surface area (Å²) in [7, 11) is 0. The Morgan fingerprint density at radius 1 is 1.53 bits per heavy atom. The van der Waals surface area contributed by atoms with Crippen LogP contribution in [0, 0.1) is 0 Å². The second-order valence-electron chi connectivity index (χ2n) is 3.02. The molecule has 0 radical (unpaired) electrons. The van der Waals surface area contributed by atoms with Crippen LogP contribution in [0.4, 0.5) is 0 Å². The summed E-state index contributed by atoms with van der Waals surface area (Å²) in [6.45, 7) is 0.596.